The second kappa shape index (κ2) is 4.50. The molecule has 0 aliphatic carbocycles. The topological polar surface area (TPSA) is 70.7 Å². The molecule has 1 amide bonds. The molecule has 0 spiro atoms. The highest BCUT2D eigenvalue weighted by Gasteiger charge is 2.14. The number of anilines is 1. The van der Waals surface area contributed by atoms with Crippen LogP contribution in [0.2, 0.25) is 0 Å². The number of aryl methyl sites for hydroxylation is 2. The number of halogens is 1. The Kier molecular flexibility index (Phi) is 3.24. The number of aromatic amines is 1. The van der Waals surface area contributed by atoms with E-state index in [4.69, 9.17) is 0 Å². The van der Waals surface area contributed by atoms with E-state index < -0.39 is 0 Å². The van der Waals surface area contributed by atoms with E-state index in [1.54, 1.807) is 6.20 Å². The molecular weight excluding hydrogens is 339 g/mol. The zero-order chi connectivity index (χ0) is 11.7. The van der Waals surface area contributed by atoms with Crippen LogP contribution in [0.25, 0.3) is 0 Å². The van der Waals surface area contributed by atoms with Gasteiger partial charge >= 0.3 is 0 Å². The van der Waals surface area contributed by atoms with Gasteiger partial charge in [-0.2, -0.15) is 5.10 Å². The first-order chi connectivity index (χ1) is 7.58. The van der Waals surface area contributed by atoms with E-state index in [2.05, 4.69) is 43.1 Å². The van der Waals surface area contributed by atoms with Crippen molar-refractivity contribution in [1.82, 2.24) is 15.2 Å². The number of aromatic nitrogens is 3. The highest BCUT2D eigenvalue weighted by Crippen LogP contribution is 2.21. The second-order valence-electron chi connectivity index (χ2n) is 3.21. The predicted molar refractivity (Wildman–Crippen MR) is 70.8 cm³/mol. The number of rotatable bonds is 2. The van der Waals surface area contributed by atoms with Crippen molar-refractivity contribution in [2.24, 2.45) is 0 Å². The normalized spacial score (nSPS) is 10.4. The van der Waals surface area contributed by atoms with E-state index in [1.807, 2.05) is 13.8 Å². The summed E-state index contributed by atoms with van der Waals surface area (Å²) in [6.07, 6.45) is 1.60. The number of H-pyrrole nitrogens is 1. The quantitative estimate of drug-likeness (QED) is 0.819. The molecule has 2 rings (SSSR count). The van der Waals surface area contributed by atoms with Gasteiger partial charge in [-0.3, -0.25) is 15.2 Å². The highest BCUT2D eigenvalue weighted by molar-refractivity contribution is 14.1. The number of hydrogen-bond donors (Lipinski definition) is 2. The van der Waals surface area contributed by atoms with Gasteiger partial charge in [0.1, 0.15) is 5.69 Å². The average molecular weight is 348 g/mol. The number of amides is 1. The summed E-state index contributed by atoms with van der Waals surface area (Å²) in [6.45, 7) is 3.89. The minimum atomic E-state index is -0.212. The molecule has 0 aliphatic heterocycles. The molecule has 0 fully saturated rings. The first-order valence-electron chi connectivity index (χ1n) is 4.52. The lowest BCUT2D eigenvalue weighted by molar-refractivity contribution is 0.102. The molecule has 5 nitrogen and oxygen atoms in total. The van der Waals surface area contributed by atoms with Crippen molar-refractivity contribution in [3.8, 4) is 0 Å². The van der Waals surface area contributed by atoms with E-state index in [0.717, 1.165) is 14.1 Å². The summed E-state index contributed by atoms with van der Waals surface area (Å²) in [6, 6.07) is 0. The van der Waals surface area contributed by atoms with Crippen molar-refractivity contribution in [3.63, 3.8) is 0 Å². The molecule has 0 aromatic carbocycles. The number of carbonyl (C=O) groups is 1. The monoisotopic (exact) mass is 348 g/mol. The Morgan fingerprint density at radius 2 is 2.31 bits per heavy atom. The average Bonchev–Trinajstić information content (AvgIpc) is 2.74. The van der Waals surface area contributed by atoms with Crippen LogP contribution in [0.15, 0.2) is 6.20 Å². The summed E-state index contributed by atoms with van der Waals surface area (Å²) in [7, 11) is 0. The third-order valence-corrected chi connectivity index (χ3v) is 3.88. The number of hydrogen-bond acceptors (Lipinski definition) is 4. The Hall–Kier alpha value is -0.960. The van der Waals surface area contributed by atoms with Crippen molar-refractivity contribution in [3.05, 3.63) is 26.0 Å². The van der Waals surface area contributed by atoms with E-state index in [-0.39, 0.29) is 5.91 Å². The van der Waals surface area contributed by atoms with Crippen LogP contribution in [0.1, 0.15) is 21.1 Å². The second-order valence-corrected chi connectivity index (χ2v) is 5.57. The van der Waals surface area contributed by atoms with Crippen LogP contribution >= 0.6 is 33.9 Å². The lowest BCUT2D eigenvalue weighted by atomic mass is 10.4. The lowest BCUT2D eigenvalue weighted by Gasteiger charge is -1.98. The SMILES string of the molecule is Cc1nc(NC(=O)c2[nH]ncc2I)sc1C. The minimum absolute atomic E-state index is 0.212. The van der Waals surface area contributed by atoms with Gasteiger partial charge in [0.05, 0.1) is 15.5 Å². The van der Waals surface area contributed by atoms with E-state index in [0.29, 0.717) is 10.8 Å². The highest BCUT2D eigenvalue weighted by atomic mass is 127. The molecule has 0 radical (unpaired) electrons. The van der Waals surface area contributed by atoms with Gasteiger partial charge in [0.25, 0.3) is 5.91 Å². The number of carbonyl (C=O) groups excluding carboxylic acids is 1. The summed E-state index contributed by atoms with van der Waals surface area (Å²) < 4.78 is 0.792. The molecule has 2 N–H and O–H groups in total. The Labute approximate surface area is 110 Å². The van der Waals surface area contributed by atoms with E-state index >= 15 is 0 Å². The zero-order valence-corrected chi connectivity index (χ0v) is 11.6. The number of nitrogens with one attached hydrogen (secondary N) is 2. The van der Waals surface area contributed by atoms with Gasteiger partial charge in [-0.25, -0.2) is 4.98 Å². The van der Waals surface area contributed by atoms with Gasteiger partial charge in [-0.1, -0.05) is 0 Å². The first kappa shape index (κ1) is 11.5. The molecule has 0 atom stereocenters. The molecule has 84 valence electrons. The third-order valence-electron chi connectivity index (χ3n) is 2.07. The van der Waals surface area contributed by atoms with Gasteiger partial charge in [0.15, 0.2) is 5.13 Å². The van der Waals surface area contributed by atoms with Crippen molar-refractivity contribution >= 4 is 45.0 Å². The Balaban J connectivity index is 2.17. The molecule has 2 aromatic heterocycles. The predicted octanol–water partition coefficient (Wildman–Crippen LogP) is 2.34. The summed E-state index contributed by atoms with van der Waals surface area (Å²) in [5, 5.41) is 9.81. The Morgan fingerprint density at radius 3 is 2.81 bits per heavy atom. The van der Waals surface area contributed by atoms with Gasteiger partial charge in [0.2, 0.25) is 0 Å². The Morgan fingerprint density at radius 1 is 1.56 bits per heavy atom. The van der Waals surface area contributed by atoms with Crippen molar-refractivity contribution < 1.29 is 4.79 Å². The molecule has 2 aromatic rings. The smallest absolute Gasteiger partial charge is 0.276 e. The zero-order valence-electron chi connectivity index (χ0n) is 8.67. The standard InChI is InChI=1S/C9H9IN4OS/c1-4-5(2)16-9(12-4)13-8(15)7-6(10)3-11-14-7/h3H,1-2H3,(H,11,14)(H,12,13,15). The van der Waals surface area contributed by atoms with Crippen molar-refractivity contribution in [1.29, 1.82) is 0 Å². The minimum Gasteiger partial charge on any atom is -0.296 e. The first-order valence-corrected chi connectivity index (χ1v) is 6.41. The van der Waals surface area contributed by atoms with Crippen LogP contribution in [0.4, 0.5) is 5.13 Å². The molecule has 0 saturated heterocycles. The summed E-state index contributed by atoms with van der Waals surface area (Å²) >= 11 is 3.52. The molecule has 7 heteroatoms. The number of nitrogens with zero attached hydrogens (tertiary/aromatic N) is 2. The van der Waals surface area contributed by atoms with Gasteiger partial charge in [-0.15, -0.1) is 11.3 Å². The van der Waals surface area contributed by atoms with Crippen LogP contribution in [-0.2, 0) is 0 Å². The molecular formula is C9H9IN4OS. The molecule has 16 heavy (non-hydrogen) atoms. The van der Waals surface area contributed by atoms with Gasteiger partial charge in [-0.05, 0) is 36.4 Å². The van der Waals surface area contributed by atoms with Crippen LogP contribution in [-0.4, -0.2) is 21.1 Å². The van der Waals surface area contributed by atoms with Crippen molar-refractivity contribution in [2.45, 2.75) is 13.8 Å². The van der Waals surface area contributed by atoms with E-state index in [1.165, 1.54) is 11.3 Å². The fraction of sp³-hybridized carbons (Fsp3) is 0.222. The van der Waals surface area contributed by atoms with Gasteiger partial charge in [0, 0.05) is 4.88 Å². The Bertz CT molecular complexity index is 514. The van der Waals surface area contributed by atoms with Crippen LogP contribution in [0, 0.1) is 17.4 Å². The maximum Gasteiger partial charge on any atom is 0.276 e. The lowest BCUT2D eigenvalue weighted by Crippen LogP contribution is -2.13. The summed E-state index contributed by atoms with van der Waals surface area (Å²) in [5.41, 5.74) is 1.41. The summed E-state index contributed by atoms with van der Waals surface area (Å²) in [4.78, 5) is 17.1. The molecule has 0 saturated carbocycles. The maximum atomic E-state index is 11.8. The molecule has 0 aliphatic rings. The maximum absolute atomic E-state index is 11.8. The fourth-order valence-corrected chi connectivity index (χ4v) is 2.43. The van der Waals surface area contributed by atoms with Gasteiger partial charge < -0.3 is 0 Å². The number of thiazole rings is 1. The molecule has 0 bridgehead atoms. The van der Waals surface area contributed by atoms with Crippen molar-refractivity contribution in [2.75, 3.05) is 5.32 Å². The molecule has 2 heterocycles. The van der Waals surface area contributed by atoms with Crippen LogP contribution < -0.4 is 5.32 Å². The fourth-order valence-electron chi connectivity index (χ4n) is 1.12. The largest absolute Gasteiger partial charge is 0.296 e. The van der Waals surface area contributed by atoms with E-state index in [9.17, 15) is 4.79 Å². The molecule has 0 unspecified atom stereocenters. The summed E-state index contributed by atoms with van der Waals surface area (Å²) in [5.74, 6) is -0.212. The third kappa shape index (κ3) is 2.24. The van der Waals surface area contributed by atoms with Crippen LogP contribution in [0.5, 0.6) is 0 Å². The van der Waals surface area contributed by atoms with Crippen LogP contribution in [0.3, 0.4) is 0 Å².